The first kappa shape index (κ1) is 15.8. The van der Waals surface area contributed by atoms with Crippen molar-refractivity contribution in [3.63, 3.8) is 0 Å². The Kier molecular flexibility index (Phi) is 6.62. The van der Waals surface area contributed by atoms with Crippen molar-refractivity contribution < 1.29 is 14.3 Å². The zero-order valence-electron chi connectivity index (χ0n) is 11.1. The number of nitrogens with one attached hydrogen (secondary N) is 1. The van der Waals surface area contributed by atoms with E-state index in [0.29, 0.717) is 23.9 Å². The molecule has 1 atom stereocenters. The zero-order chi connectivity index (χ0) is 14.3. The highest BCUT2D eigenvalue weighted by atomic mass is 35.5. The fraction of sp³-hybridized carbons (Fsp3) is 0.462. The molecule has 0 aliphatic carbocycles. The molecule has 0 bridgehead atoms. The summed E-state index contributed by atoms with van der Waals surface area (Å²) in [5.74, 6) is 0.248. The highest BCUT2D eigenvalue weighted by Crippen LogP contribution is 2.27. The third-order valence-corrected chi connectivity index (χ3v) is 2.76. The van der Waals surface area contributed by atoms with E-state index in [-0.39, 0.29) is 18.6 Å². The monoisotopic (exact) mass is 286 g/mol. The lowest BCUT2D eigenvalue weighted by molar-refractivity contribution is -0.123. The SMILES string of the molecule is COCCNC(=O)COc1ccc([C@@H](C)N)cc1Cl. The van der Waals surface area contributed by atoms with E-state index in [4.69, 9.17) is 26.8 Å². The lowest BCUT2D eigenvalue weighted by atomic mass is 10.1. The summed E-state index contributed by atoms with van der Waals surface area (Å²) in [6.07, 6.45) is 0. The smallest absolute Gasteiger partial charge is 0.258 e. The maximum atomic E-state index is 11.4. The molecule has 5 nitrogen and oxygen atoms in total. The van der Waals surface area contributed by atoms with E-state index >= 15 is 0 Å². The molecule has 1 amide bonds. The summed E-state index contributed by atoms with van der Waals surface area (Å²) < 4.78 is 10.2. The van der Waals surface area contributed by atoms with Gasteiger partial charge in [0.15, 0.2) is 6.61 Å². The minimum Gasteiger partial charge on any atom is -0.482 e. The van der Waals surface area contributed by atoms with E-state index in [0.717, 1.165) is 5.56 Å². The van der Waals surface area contributed by atoms with Gasteiger partial charge in [-0.05, 0) is 24.6 Å². The fourth-order valence-corrected chi connectivity index (χ4v) is 1.65. The van der Waals surface area contributed by atoms with Crippen molar-refractivity contribution in [2.45, 2.75) is 13.0 Å². The van der Waals surface area contributed by atoms with Crippen molar-refractivity contribution in [3.8, 4) is 5.75 Å². The molecule has 6 heteroatoms. The van der Waals surface area contributed by atoms with Gasteiger partial charge in [-0.2, -0.15) is 0 Å². The van der Waals surface area contributed by atoms with Crippen molar-refractivity contribution in [1.29, 1.82) is 0 Å². The normalized spacial score (nSPS) is 12.0. The molecule has 1 aromatic carbocycles. The number of hydrogen-bond acceptors (Lipinski definition) is 4. The van der Waals surface area contributed by atoms with Gasteiger partial charge in [0.2, 0.25) is 0 Å². The van der Waals surface area contributed by atoms with Gasteiger partial charge in [0.05, 0.1) is 11.6 Å². The van der Waals surface area contributed by atoms with E-state index in [9.17, 15) is 4.79 Å². The van der Waals surface area contributed by atoms with E-state index in [1.54, 1.807) is 19.2 Å². The molecule has 0 aromatic heterocycles. The summed E-state index contributed by atoms with van der Waals surface area (Å²) in [6, 6.07) is 5.19. The highest BCUT2D eigenvalue weighted by Gasteiger charge is 2.08. The van der Waals surface area contributed by atoms with Gasteiger partial charge in [-0.1, -0.05) is 17.7 Å². The van der Waals surface area contributed by atoms with Gasteiger partial charge in [0.25, 0.3) is 5.91 Å². The zero-order valence-corrected chi connectivity index (χ0v) is 11.9. The molecule has 1 aromatic rings. The molecule has 0 saturated heterocycles. The van der Waals surface area contributed by atoms with Crippen LogP contribution in [-0.2, 0) is 9.53 Å². The Morgan fingerprint density at radius 2 is 2.26 bits per heavy atom. The Balaban J connectivity index is 2.47. The van der Waals surface area contributed by atoms with Crippen molar-refractivity contribution in [1.82, 2.24) is 5.32 Å². The first-order valence-electron chi connectivity index (χ1n) is 5.98. The van der Waals surface area contributed by atoms with Crippen LogP contribution < -0.4 is 15.8 Å². The van der Waals surface area contributed by atoms with Crippen LogP contribution in [0.4, 0.5) is 0 Å². The van der Waals surface area contributed by atoms with E-state index < -0.39 is 0 Å². The predicted octanol–water partition coefficient (Wildman–Crippen LogP) is 1.50. The molecule has 106 valence electrons. The quantitative estimate of drug-likeness (QED) is 0.745. The summed E-state index contributed by atoms with van der Waals surface area (Å²) >= 11 is 6.05. The Hall–Kier alpha value is -1.30. The Labute approximate surface area is 118 Å². The van der Waals surface area contributed by atoms with E-state index in [2.05, 4.69) is 5.32 Å². The number of methoxy groups -OCH3 is 1. The molecule has 0 spiro atoms. The Morgan fingerprint density at radius 3 is 2.84 bits per heavy atom. The maximum absolute atomic E-state index is 11.4. The average Bonchev–Trinajstić information content (AvgIpc) is 2.37. The number of benzene rings is 1. The summed E-state index contributed by atoms with van der Waals surface area (Å²) in [5.41, 5.74) is 6.67. The number of halogens is 1. The highest BCUT2D eigenvalue weighted by molar-refractivity contribution is 6.32. The molecule has 0 unspecified atom stereocenters. The molecule has 0 fully saturated rings. The van der Waals surface area contributed by atoms with E-state index in [1.807, 2.05) is 13.0 Å². The molecule has 19 heavy (non-hydrogen) atoms. The summed E-state index contributed by atoms with van der Waals surface area (Å²) in [6.45, 7) is 2.71. The maximum Gasteiger partial charge on any atom is 0.258 e. The van der Waals surface area contributed by atoms with Crippen LogP contribution in [0.15, 0.2) is 18.2 Å². The average molecular weight is 287 g/mol. The Bertz CT molecular complexity index is 424. The van der Waals surface area contributed by atoms with Crippen molar-refractivity contribution in [3.05, 3.63) is 28.8 Å². The number of amides is 1. The van der Waals surface area contributed by atoms with Crippen LogP contribution in [0.1, 0.15) is 18.5 Å². The molecule has 1 rings (SSSR count). The lowest BCUT2D eigenvalue weighted by Crippen LogP contribution is -2.31. The van der Waals surface area contributed by atoms with Crippen LogP contribution in [0.25, 0.3) is 0 Å². The second kappa shape index (κ2) is 7.99. The standard InChI is InChI=1S/C13H19ClN2O3/c1-9(15)10-3-4-12(11(14)7-10)19-8-13(17)16-5-6-18-2/h3-4,7,9H,5-6,8,15H2,1-2H3,(H,16,17)/t9-/m1/s1. The minimum absolute atomic E-state index is 0.0824. The number of rotatable bonds is 7. The predicted molar refractivity (Wildman–Crippen MR) is 74.4 cm³/mol. The van der Waals surface area contributed by atoms with Crippen molar-refractivity contribution >= 4 is 17.5 Å². The van der Waals surface area contributed by atoms with Crippen LogP contribution >= 0.6 is 11.6 Å². The summed E-state index contributed by atoms with van der Waals surface area (Å²) in [5, 5.41) is 3.09. The Morgan fingerprint density at radius 1 is 1.53 bits per heavy atom. The molecular formula is C13H19ClN2O3. The molecule has 0 saturated carbocycles. The van der Waals surface area contributed by atoms with Gasteiger partial charge >= 0.3 is 0 Å². The molecular weight excluding hydrogens is 268 g/mol. The molecule has 0 heterocycles. The lowest BCUT2D eigenvalue weighted by Gasteiger charge is -2.11. The van der Waals surface area contributed by atoms with Crippen LogP contribution in [-0.4, -0.2) is 32.8 Å². The van der Waals surface area contributed by atoms with Crippen molar-refractivity contribution in [2.75, 3.05) is 26.9 Å². The first-order chi connectivity index (χ1) is 9.04. The minimum atomic E-state index is -0.218. The number of ether oxygens (including phenoxy) is 2. The topological polar surface area (TPSA) is 73.6 Å². The molecule has 0 aliphatic rings. The number of carbonyl (C=O) groups excluding carboxylic acids is 1. The van der Waals surface area contributed by atoms with Gasteiger partial charge in [-0.25, -0.2) is 0 Å². The number of hydrogen-bond donors (Lipinski definition) is 2. The molecule has 0 radical (unpaired) electrons. The van der Waals surface area contributed by atoms with Crippen LogP contribution in [0.5, 0.6) is 5.75 Å². The largest absolute Gasteiger partial charge is 0.482 e. The number of nitrogens with two attached hydrogens (primary N) is 1. The van der Waals surface area contributed by atoms with Gasteiger partial charge in [-0.3, -0.25) is 4.79 Å². The molecule has 0 aliphatic heterocycles. The third-order valence-electron chi connectivity index (χ3n) is 2.47. The van der Waals surface area contributed by atoms with Gasteiger partial charge < -0.3 is 20.5 Å². The van der Waals surface area contributed by atoms with Crippen LogP contribution in [0, 0.1) is 0 Å². The van der Waals surface area contributed by atoms with Crippen LogP contribution in [0.3, 0.4) is 0 Å². The number of carbonyl (C=O) groups is 1. The second-order valence-corrected chi connectivity index (χ2v) is 4.52. The second-order valence-electron chi connectivity index (χ2n) is 4.11. The van der Waals surface area contributed by atoms with Crippen LogP contribution in [0.2, 0.25) is 5.02 Å². The van der Waals surface area contributed by atoms with Crippen molar-refractivity contribution in [2.24, 2.45) is 5.73 Å². The fourth-order valence-electron chi connectivity index (χ4n) is 1.40. The molecule has 3 N–H and O–H groups in total. The summed E-state index contributed by atoms with van der Waals surface area (Å²) in [4.78, 5) is 11.4. The third kappa shape index (κ3) is 5.46. The van der Waals surface area contributed by atoms with Gasteiger partial charge in [0, 0.05) is 19.7 Å². The van der Waals surface area contributed by atoms with Gasteiger partial charge in [-0.15, -0.1) is 0 Å². The first-order valence-corrected chi connectivity index (χ1v) is 6.36. The van der Waals surface area contributed by atoms with Gasteiger partial charge in [0.1, 0.15) is 5.75 Å². The van der Waals surface area contributed by atoms with E-state index in [1.165, 1.54) is 0 Å². The summed E-state index contributed by atoms with van der Waals surface area (Å²) in [7, 11) is 1.57.